The lowest BCUT2D eigenvalue weighted by Crippen LogP contribution is -2.27. The van der Waals surface area contributed by atoms with Gasteiger partial charge in [0.1, 0.15) is 0 Å². The lowest BCUT2D eigenvalue weighted by molar-refractivity contribution is -0.116. The molecule has 0 bridgehead atoms. The van der Waals surface area contributed by atoms with E-state index in [0.29, 0.717) is 13.0 Å². The molecular formula is C19H20N2O2S. The summed E-state index contributed by atoms with van der Waals surface area (Å²) in [5, 5.41) is 3.06. The van der Waals surface area contributed by atoms with Gasteiger partial charge in [0.25, 0.3) is 5.24 Å². The second-order valence-corrected chi connectivity index (χ2v) is 6.77. The highest BCUT2D eigenvalue weighted by Gasteiger charge is 2.21. The molecule has 24 heavy (non-hydrogen) atoms. The maximum Gasteiger partial charge on any atom is 0.281 e. The predicted octanol–water partition coefficient (Wildman–Crippen LogP) is 3.77. The maximum atomic E-state index is 12.2. The number of benzene rings is 2. The van der Waals surface area contributed by atoms with Gasteiger partial charge in [0, 0.05) is 31.0 Å². The summed E-state index contributed by atoms with van der Waals surface area (Å²) in [4.78, 5) is 25.5. The van der Waals surface area contributed by atoms with Crippen LogP contribution in [0.15, 0.2) is 54.6 Å². The first kappa shape index (κ1) is 16.6. The maximum absolute atomic E-state index is 12.2. The average molecular weight is 340 g/mol. The zero-order valence-corrected chi connectivity index (χ0v) is 14.2. The van der Waals surface area contributed by atoms with Gasteiger partial charge in [-0.05, 0) is 23.6 Å². The number of thioether (sulfide) groups is 1. The van der Waals surface area contributed by atoms with Gasteiger partial charge in [0.2, 0.25) is 5.91 Å². The Morgan fingerprint density at radius 3 is 2.58 bits per heavy atom. The van der Waals surface area contributed by atoms with Crippen LogP contribution in [0.3, 0.4) is 0 Å². The monoisotopic (exact) mass is 340 g/mol. The van der Waals surface area contributed by atoms with Gasteiger partial charge >= 0.3 is 0 Å². The highest BCUT2D eigenvalue weighted by atomic mass is 32.2. The SMILES string of the molecule is O=C(CCN1CCSC1=O)Nc1ccccc1Cc1ccccc1. The molecule has 1 saturated heterocycles. The largest absolute Gasteiger partial charge is 0.332 e. The van der Waals surface area contributed by atoms with Crippen LogP contribution in [-0.2, 0) is 11.2 Å². The molecule has 1 heterocycles. The van der Waals surface area contributed by atoms with Crippen LogP contribution < -0.4 is 5.32 Å². The highest BCUT2D eigenvalue weighted by Crippen LogP contribution is 2.20. The summed E-state index contributed by atoms with van der Waals surface area (Å²) in [5.74, 6) is 0.764. The third-order valence-electron chi connectivity index (χ3n) is 3.98. The average Bonchev–Trinajstić information content (AvgIpc) is 3.01. The molecule has 1 N–H and O–H groups in total. The fourth-order valence-electron chi connectivity index (χ4n) is 2.69. The standard InChI is InChI=1S/C19H20N2O2S/c22-18(10-11-21-12-13-24-19(21)23)20-17-9-5-4-8-16(17)14-15-6-2-1-3-7-15/h1-9H,10-14H2,(H,20,22). The van der Waals surface area contributed by atoms with Crippen LogP contribution >= 0.6 is 11.8 Å². The van der Waals surface area contributed by atoms with Gasteiger partial charge in [0.15, 0.2) is 0 Å². The van der Waals surface area contributed by atoms with Crippen LogP contribution in [-0.4, -0.2) is 34.9 Å². The minimum Gasteiger partial charge on any atom is -0.332 e. The molecule has 124 valence electrons. The normalized spacial score (nSPS) is 14.0. The van der Waals surface area contributed by atoms with Crippen LogP contribution in [0.25, 0.3) is 0 Å². The van der Waals surface area contributed by atoms with Crippen LogP contribution in [0.4, 0.5) is 10.5 Å². The Labute approximate surface area is 146 Å². The lowest BCUT2D eigenvalue weighted by atomic mass is 10.0. The number of nitrogens with zero attached hydrogens (tertiary/aromatic N) is 1. The zero-order valence-electron chi connectivity index (χ0n) is 13.4. The van der Waals surface area contributed by atoms with Crippen molar-refractivity contribution in [3.8, 4) is 0 Å². The van der Waals surface area contributed by atoms with E-state index in [1.165, 1.54) is 17.3 Å². The molecule has 3 rings (SSSR count). The van der Waals surface area contributed by atoms with E-state index >= 15 is 0 Å². The van der Waals surface area contributed by atoms with Crippen molar-refractivity contribution >= 4 is 28.6 Å². The summed E-state index contributed by atoms with van der Waals surface area (Å²) in [6, 6.07) is 18.0. The van der Waals surface area contributed by atoms with Crippen molar-refractivity contribution in [2.45, 2.75) is 12.8 Å². The van der Waals surface area contributed by atoms with E-state index in [1.54, 1.807) is 4.90 Å². The van der Waals surface area contributed by atoms with Crippen LogP contribution in [0, 0.1) is 0 Å². The highest BCUT2D eigenvalue weighted by molar-refractivity contribution is 8.13. The number of hydrogen-bond acceptors (Lipinski definition) is 3. The summed E-state index contributed by atoms with van der Waals surface area (Å²) in [7, 11) is 0. The summed E-state index contributed by atoms with van der Waals surface area (Å²) < 4.78 is 0. The third kappa shape index (κ3) is 4.38. The molecule has 0 aromatic heterocycles. The summed E-state index contributed by atoms with van der Waals surface area (Å²) in [6.07, 6.45) is 1.10. The van der Waals surface area contributed by atoms with Crippen molar-refractivity contribution in [1.29, 1.82) is 0 Å². The van der Waals surface area contributed by atoms with Crippen molar-refractivity contribution in [3.63, 3.8) is 0 Å². The first-order valence-corrected chi connectivity index (χ1v) is 9.04. The van der Waals surface area contributed by atoms with Crippen molar-refractivity contribution < 1.29 is 9.59 Å². The number of carbonyl (C=O) groups excluding carboxylic acids is 2. The molecule has 1 aliphatic heterocycles. The van der Waals surface area contributed by atoms with Gasteiger partial charge in [0.05, 0.1) is 0 Å². The Morgan fingerprint density at radius 1 is 1.08 bits per heavy atom. The number of nitrogens with one attached hydrogen (secondary N) is 1. The van der Waals surface area contributed by atoms with Crippen LogP contribution in [0.1, 0.15) is 17.5 Å². The Bertz CT molecular complexity index is 718. The van der Waals surface area contributed by atoms with Gasteiger partial charge in [-0.3, -0.25) is 9.59 Å². The fourth-order valence-corrected chi connectivity index (χ4v) is 3.54. The van der Waals surface area contributed by atoms with E-state index in [1.807, 2.05) is 42.5 Å². The molecule has 0 saturated carbocycles. The number of hydrogen-bond donors (Lipinski definition) is 1. The molecule has 4 nitrogen and oxygen atoms in total. The van der Waals surface area contributed by atoms with Crippen molar-refractivity contribution in [2.24, 2.45) is 0 Å². The second kappa shape index (κ2) is 8.02. The predicted molar refractivity (Wildman–Crippen MR) is 98.4 cm³/mol. The number of rotatable bonds is 6. The number of carbonyl (C=O) groups is 2. The second-order valence-electron chi connectivity index (χ2n) is 5.72. The molecule has 0 radical (unpaired) electrons. The van der Waals surface area contributed by atoms with Crippen molar-refractivity contribution in [3.05, 3.63) is 65.7 Å². The number of para-hydroxylation sites is 1. The van der Waals surface area contributed by atoms with Gasteiger partial charge < -0.3 is 10.2 Å². The van der Waals surface area contributed by atoms with Crippen LogP contribution in [0.5, 0.6) is 0 Å². The van der Waals surface area contributed by atoms with E-state index in [2.05, 4.69) is 17.4 Å². The Hall–Kier alpha value is -2.27. The van der Waals surface area contributed by atoms with Crippen molar-refractivity contribution in [1.82, 2.24) is 4.90 Å². The minimum atomic E-state index is -0.0554. The molecule has 2 aromatic carbocycles. The summed E-state index contributed by atoms with van der Waals surface area (Å²) >= 11 is 1.32. The van der Waals surface area contributed by atoms with E-state index in [-0.39, 0.29) is 11.1 Å². The lowest BCUT2D eigenvalue weighted by Gasteiger charge is -2.15. The zero-order chi connectivity index (χ0) is 16.8. The molecule has 0 unspecified atom stereocenters. The van der Waals surface area contributed by atoms with Crippen molar-refractivity contribution in [2.75, 3.05) is 24.2 Å². The van der Waals surface area contributed by atoms with Gasteiger partial charge in [-0.25, -0.2) is 0 Å². The fraction of sp³-hybridized carbons (Fsp3) is 0.263. The Kier molecular flexibility index (Phi) is 5.54. The molecular weight excluding hydrogens is 320 g/mol. The molecule has 1 aliphatic rings. The topological polar surface area (TPSA) is 49.4 Å². The van der Waals surface area contributed by atoms with E-state index in [9.17, 15) is 9.59 Å². The van der Waals surface area contributed by atoms with Gasteiger partial charge in [-0.15, -0.1) is 0 Å². The smallest absolute Gasteiger partial charge is 0.281 e. The Morgan fingerprint density at radius 2 is 1.83 bits per heavy atom. The molecule has 1 fully saturated rings. The number of amides is 2. The molecule has 0 aliphatic carbocycles. The summed E-state index contributed by atoms with van der Waals surface area (Å²) in [5.41, 5.74) is 3.14. The first-order valence-electron chi connectivity index (χ1n) is 8.06. The minimum absolute atomic E-state index is 0.0554. The van der Waals surface area contributed by atoms with Crippen LogP contribution in [0.2, 0.25) is 0 Å². The quantitative estimate of drug-likeness (QED) is 0.871. The summed E-state index contributed by atoms with van der Waals surface area (Å²) in [6.45, 7) is 1.22. The molecule has 0 spiro atoms. The van der Waals surface area contributed by atoms with Gasteiger partial charge in [-0.1, -0.05) is 60.3 Å². The Balaban J connectivity index is 1.60. The molecule has 2 amide bonds. The molecule has 2 aromatic rings. The third-order valence-corrected chi connectivity index (χ3v) is 4.87. The first-order chi connectivity index (χ1) is 11.7. The van der Waals surface area contributed by atoms with E-state index < -0.39 is 0 Å². The van der Waals surface area contributed by atoms with E-state index in [4.69, 9.17) is 0 Å². The van der Waals surface area contributed by atoms with Gasteiger partial charge in [-0.2, -0.15) is 0 Å². The molecule has 5 heteroatoms. The van der Waals surface area contributed by atoms with E-state index in [0.717, 1.165) is 30.0 Å². The molecule has 0 atom stereocenters. The number of anilines is 1.